The Hall–Kier alpha value is -1.38. The van der Waals surface area contributed by atoms with Gasteiger partial charge in [0.15, 0.2) is 0 Å². The molecule has 4 rings (SSSR count). The number of benzene rings is 1. The number of hydrogen-bond donors (Lipinski definition) is 1. The van der Waals surface area contributed by atoms with Gasteiger partial charge in [-0.25, -0.2) is 4.39 Å². The highest BCUT2D eigenvalue weighted by Gasteiger charge is 2.63. The maximum Gasteiger partial charge on any atom is 0.127 e. The lowest BCUT2D eigenvalue weighted by atomic mass is 10.1. The van der Waals surface area contributed by atoms with Crippen molar-refractivity contribution in [3.63, 3.8) is 0 Å². The maximum absolute atomic E-state index is 13.8. The summed E-state index contributed by atoms with van der Waals surface area (Å²) < 4.78 is 13.8. The van der Waals surface area contributed by atoms with Crippen molar-refractivity contribution in [1.29, 1.82) is 0 Å². The average Bonchev–Trinajstić information content (AvgIpc) is 3.10. The van der Waals surface area contributed by atoms with Gasteiger partial charge in [-0.1, -0.05) is 0 Å². The standard InChI is InChI=1S/C12H11FN2/c13-10-3-7-6-14-15-11(7)4-8(10)9-5-12(9)1-2-12/h3-4,6,9H,1-2,5H2,(H,14,15). The van der Waals surface area contributed by atoms with Gasteiger partial charge in [0.25, 0.3) is 0 Å². The molecule has 0 bridgehead atoms. The summed E-state index contributed by atoms with van der Waals surface area (Å²) in [7, 11) is 0. The second kappa shape index (κ2) is 2.23. The first-order valence-electron chi connectivity index (χ1n) is 5.41. The molecule has 2 aromatic rings. The first kappa shape index (κ1) is 7.85. The van der Waals surface area contributed by atoms with Gasteiger partial charge in [0.2, 0.25) is 0 Å². The summed E-state index contributed by atoms with van der Waals surface area (Å²) in [5.41, 5.74) is 2.35. The molecule has 76 valence electrons. The SMILES string of the molecule is Fc1cc2cn[nH]c2cc1C1CC12CC2. The Balaban J connectivity index is 1.89. The van der Waals surface area contributed by atoms with E-state index in [9.17, 15) is 4.39 Å². The summed E-state index contributed by atoms with van der Waals surface area (Å²) in [6.07, 6.45) is 5.43. The summed E-state index contributed by atoms with van der Waals surface area (Å²) >= 11 is 0. The molecule has 2 aliphatic carbocycles. The largest absolute Gasteiger partial charge is 0.278 e. The first-order chi connectivity index (χ1) is 7.28. The average molecular weight is 202 g/mol. The fourth-order valence-electron chi connectivity index (χ4n) is 2.75. The minimum absolute atomic E-state index is 0.0577. The number of halogens is 1. The summed E-state index contributed by atoms with van der Waals surface area (Å²) in [5.74, 6) is 0.419. The molecule has 1 aromatic carbocycles. The van der Waals surface area contributed by atoms with Crippen molar-refractivity contribution in [2.45, 2.75) is 25.2 Å². The van der Waals surface area contributed by atoms with Crippen LogP contribution >= 0.6 is 0 Å². The molecule has 2 fully saturated rings. The van der Waals surface area contributed by atoms with E-state index in [4.69, 9.17) is 0 Å². The van der Waals surface area contributed by atoms with Crippen LogP contribution < -0.4 is 0 Å². The molecule has 1 heterocycles. The quantitative estimate of drug-likeness (QED) is 0.756. The Morgan fingerprint density at radius 2 is 2.27 bits per heavy atom. The molecule has 0 radical (unpaired) electrons. The van der Waals surface area contributed by atoms with Crippen LogP contribution in [0.3, 0.4) is 0 Å². The van der Waals surface area contributed by atoms with E-state index in [0.717, 1.165) is 16.5 Å². The Morgan fingerprint density at radius 3 is 3.00 bits per heavy atom. The second-order valence-electron chi connectivity index (χ2n) is 4.95. The minimum atomic E-state index is -0.0577. The van der Waals surface area contributed by atoms with E-state index in [-0.39, 0.29) is 5.82 Å². The van der Waals surface area contributed by atoms with E-state index in [2.05, 4.69) is 10.2 Å². The van der Waals surface area contributed by atoms with Gasteiger partial charge >= 0.3 is 0 Å². The number of aromatic amines is 1. The lowest BCUT2D eigenvalue weighted by Gasteiger charge is -2.01. The van der Waals surface area contributed by atoms with Crippen molar-refractivity contribution in [2.75, 3.05) is 0 Å². The number of rotatable bonds is 1. The lowest BCUT2D eigenvalue weighted by Crippen LogP contribution is -1.89. The molecule has 1 aromatic heterocycles. The third-order valence-corrected chi connectivity index (χ3v) is 4.01. The lowest BCUT2D eigenvalue weighted by molar-refractivity contribution is 0.607. The van der Waals surface area contributed by atoms with Gasteiger partial charge in [0.05, 0.1) is 11.7 Å². The third kappa shape index (κ3) is 0.954. The van der Waals surface area contributed by atoms with Gasteiger partial charge in [0.1, 0.15) is 5.82 Å². The number of nitrogens with zero attached hydrogens (tertiary/aromatic N) is 1. The van der Waals surface area contributed by atoms with Gasteiger partial charge in [-0.2, -0.15) is 5.10 Å². The number of nitrogens with one attached hydrogen (secondary N) is 1. The van der Waals surface area contributed by atoms with Crippen molar-refractivity contribution < 1.29 is 4.39 Å². The molecule has 1 atom stereocenters. The molecule has 0 aliphatic heterocycles. The molecule has 2 saturated carbocycles. The molecule has 15 heavy (non-hydrogen) atoms. The maximum atomic E-state index is 13.8. The Bertz CT molecular complexity index is 554. The van der Waals surface area contributed by atoms with Gasteiger partial charge in [-0.3, -0.25) is 5.10 Å². The highest BCUT2D eigenvalue weighted by Crippen LogP contribution is 2.75. The zero-order chi connectivity index (χ0) is 10.0. The van der Waals surface area contributed by atoms with Crippen molar-refractivity contribution >= 4 is 10.9 Å². The van der Waals surface area contributed by atoms with Crippen LogP contribution in [0.4, 0.5) is 4.39 Å². The Kier molecular flexibility index (Phi) is 1.17. The van der Waals surface area contributed by atoms with Crippen LogP contribution in [0.1, 0.15) is 30.7 Å². The molecule has 1 N–H and O–H groups in total. The number of aromatic nitrogens is 2. The molecule has 0 saturated heterocycles. The van der Waals surface area contributed by atoms with Crippen LogP contribution in [0.5, 0.6) is 0 Å². The molecule has 0 amide bonds. The topological polar surface area (TPSA) is 28.7 Å². The van der Waals surface area contributed by atoms with Gasteiger partial charge in [-0.05, 0) is 48.3 Å². The van der Waals surface area contributed by atoms with E-state index in [1.54, 1.807) is 12.3 Å². The summed E-state index contributed by atoms with van der Waals surface area (Å²) in [5, 5.41) is 7.69. The van der Waals surface area contributed by atoms with Crippen molar-refractivity contribution in [3.05, 3.63) is 29.7 Å². The molecule has 1 unspecified atom stereocenters. The Morgan fingerprint density at radius 1 is 1.40 bits per heavy atom. The zero-order valence-corrected chi connectivity index (χ0v) is 8.26. The first-order valence-corrected chi connectivity index (χ1v) is 5.41. The predicted molar refractivity (Wildman–Crippen MR) is 55.1 cm³/mol. The van der Waals surface area contributed by atoms with E-state index < -0.39 is 0 Å². The molecule has 1 spiro atoms. The molecule has 2 nitrogen and oxygen atoms in total. The Labute approximate surface area is 86.5 Å². The van der Waals surface area contributed by atoms with E-state index in [0.29, 0.717) is 11.3 Å². The predicted octanol–water partition coefficient (Wildman–Crippen LogP) is 2.97. The number of fused-ring (bicyclic) bond motifs is 1. The highest BCUT2D eigenvalue weighted by atomic mass is 19.1. The summed E-state index contributed by atoms with van der Waals surface area (Å²) in [6, 6.07) is 3.54. The van der Waals surface area contributed by atoms with Crippen LogP contribution in [0.2, 0.25) is 0 Å². The monoisotopic (exact) mass is 202 g/mol. The van der Waals surface area contributed by atoms with Gasteiger partial charge in [-0.15, -0.1) is 0 Å². The zero-order valence-electron chi connectivity index (χ0n) is 8.26. The van der Waals surface area contributed by atoms with Crippen molar-refractivity contribution in [2.24, 2.45) is 5.41 Å². The summed E-state index contributed by atoms with van der Waals surface area (Å²) in [6.45, 7) is 0. The molecular weight excluding hydrogens is 191 g/mol. The van der Waals surface area contributed by atoms with E-state index >= 15 is 0 Å². The van der Waals surface area contributed by atoms with Crippen LogP contribution in [0.15, 0.2) is 18.3 Å². The number of H-pyrrole nitrogens is 1. The molecule has 3 heteroatoms. The highest BCUT2D eigenvalue weighted by molar-refractivity contribution is 5.79. The van der Waals surface area contributed by atoms with Crippen LogP contribution in [0, 0.1) is 11.2 Å². The second-order valence-corrected chi connectivity index (χ2v) is 4.95. The normalized spacial score (nSPS) is 26.1. The van der Waals surface area contributed by atoms with Crippen LogP contribution in [0.25, 0.3) is 10.9 Å². The van der Waals surface area contributed by atoms with Crippen LogP contribution in [-0.4, -0.2) is 10.2 Å². The van der Waals surface area contributed by atoms with E-state index in [1.807, 2.05) is 6.07 Å². The van der Waals surface area contributed by atoms with Gasteiger partial charge in [0, 0.05) is 5.39 Å². The van der Waals surface area contributed by atoms with Crippen molar-refractivity contribution in [3.8, 4) is 0 Å². The fraction of sp³-hybridized carbons (Fsp3) is 0.417. The minimum Gasteiger partial charge on any atom is -0.278 e. The van der Waals surface area contributed by atoms with Crippen LogP contribution in [-0.2, 0) is 0 Å². The van der Waals surface area contributed by atoms with Crippen molar-refractivity contribution in [1.82, 2.24) is 10.2 Å². The van der Waals surface area contributed by atoms with E-state index in [1.165, 1.54) is 19.3 Å². The smallest absolute Gasteiger partial charge is 0.127 e. The molecular formula is C12H11FN2. The number of hydrogen-bond acceptors (Lipinski definition) is 1. The third-order valence-electron chi connectivity index (χ3n) is 4.01. The van der Waals surface area contributed by atoms with Gasteiger partial charge < -0.3 is 0 Å². The fourth-order valence-corrected chi connectivity index (χ4v) is 2.75. The summed E-state index contributed by atoms with van der Waals surface area (Å²) in [4.78, 5) is 0. The molecule has 2 aliphatic rings.